The highest BCUT2D eigenvalue weighted by Crippen LogP contribution is 2.05. The molecular weight excluding hydrogens is 194 g/mol. The topological polar surface area (TPSA) is 25.2 Å². The quantitative estimate of drug-likeness (QED) is 0.705. The molecule has 0 bridgehead atoms. The molecule has 3 heteroatoms. The van der Waals surface area contributed by atoms with Gasteiger partial charge in [0.25, 0.3) is 0 Å². The Labute approximate surface area is 90.5 Å². The molecule has 0 radical (unpaired) electrons. The van der Waals surface area contributed by atoms with E-state index in [9.17, 15) is 0 Å². The molecule has 0 fully saturated rings. The largest absolute Gasteiger partial charge is 0.468 e. The van der Waals surface area contributed by atoms with Crippen LogP contribution in [-0.2, 0) is 6.54 Å². The summed E-state index contributed by atoms with van der Waals surface area (Å²) in [5.41, 5.74) is 0. The van der Waals surface area contributed by atoms with Crippen LogP contribution in [0.15, 0.2) is 22.8 Å². The molecule has 0 aliphatic carbocycles. The summed E-state index contributed by atoms with van der Waals surface area (Å²) in [5.74, 6) is 3.47. The maximum atomic E-state index is 5.24. The Bertz CT molecular complexity index is 223. The normalized spacial score (nSPS) is 13.0. The van der Waals surface area contributed by atoms with Gasteiger partial charge >= 0.3 is 0 Å². The Hall–Kier alpha value is -0.410. The third kappa shape index (κ3) is 4.72. The van der Waals surface area contributed by atoms with Gasteiger partial charge in [-0.1, -0.05) is 6.92 Å². The summed E-state index contributed by atoms with van der Waals surface area (Å²) >= 11 is 2.00. The van der Waals surface area contributed by atoms with Crippen molar-refractivity contribution < 1.29 is 4.42 Å². The maximum Gasteiger partial charge on any atom is 0.117 e. The van der Waals surface area contributed by atoms with Crippen LogP contribution >= 0.6 is 11.8 Å². The zero-order valence-corrected chi connectivity index (χ0v) is 9.77. The lowest BCUT2D eigenvalue weighted by Crippen LogP contribution is -2.25. The molecular formula is C11H19NOS. The van der Waals surface area contributed by atoms with E-state index < -0.39 is 0 Å². The van der Waals surface area contributed by atoms with Gasteiger partial charge in [0.15, 0.2) is 0 Å². The predicted octanol–water partition coefficient (Wildman–Crippen LogP) is 2.90. The number of hydrogen-bond donors (Lipinski definition) is 1. The summed E-state index contributed by atoms with van der Waals surface area (Å²) in [6, 6.07) is 4.49. The number of nitrogens with one attached hydrogen (secondary N) is 1. The van der Waals surface area contributed by atoms with Crippen LogP contribution in [0, 0.1) is 0 Å². The minimum absolute atomic E-state index is 0.569. The highest BCUT2D eigenvalue weighted by atomic mass is 32.2. The van der Waals surface area contributed by atoms with Gasteiger partial charge in [0.1, 0.15) is 5.76 Å². The van der Waals surface area contributed by atoms with Gasteiger partial charge in [0.2, 0.25) is 0 Å². The summed E-state index contributed by atoms with van der Waals surface area (Å²) in [4.78, 5) is 0. The van der Waals surface area contributed by atoms with Crippen LogP contribution in [0.1, 0.15) is 26.0 Å². The molecule has 80 valence electrons. The highest BCUT2D eigenvalue weighted by Gasteiger charge is 2.02. The van der Waals surface area contributed by atoms with Crippen LogP contribution in [0.4, 0.5) is 0 Å². The fourth-order valence-electron chi connectivity index (χ4n) is 1.19. The Morgan fingerprint density at radius 3 is 3.07 bits per heavy atom. The monoisotopic (exact) mass is 213 g/mol. The van der Waals surface area contributed by atoms with Crippen LogP contribution in [0.2, 0.25) is 0 Å². The third-order valence-electron chi connectivity index (χ3n) is 2.10. The van der Waals surface area contributed by atoms with E-state index in [4.69, 9.17) is 4.42 Å². The van der Waals surface area contributed by atoms with E-state index in [1.54, 1.807) is 6.26 Å². The molecule has 0 aliphatic heterocycles. The summed E-state index contributed by atoms with van der Waals surface area (Å²) in [6.07, 6.45) is 2.94. The zero-order chi connectivity index (χ0) is 10.2. The van der Waals surface area contributed by atoms with E-state index in [-0.39, 0.29) is 0 Å². The number of furan rings is 1. The van der Waals surface area contributed by atoms with E-state index in [2.05, 4.69) is 19.2 Å². The standard InChI is InChI=1S/C11H19NOS/c1-3-14-8-6-10(2)12-9-11-5-4-7-13-11/h4-5,7,10,12H,3,6,8-9H2,1-2H3. The Kier molecular flexibility index (Phi) is 5.80. The average molecular weight is 213 g/mol. The van der Waals surface area contributed by atoms with Gasteiger partial charge in [0.05, 0.1) is 12.8 Å². The highest BCUT2D eigenvalue weighted by molar-refractivity contribution is 7.99. The average Bonchev–Trinajstić information content (AvgIpc) is 2.68. The van der Waals surface area contributed by atoms with Gasteiger partial charge in [-0.2, -0.15) is 11.8 Å². The number of thioether (sulfide) groups is 1. The number of hydrogen-bond acceptors (Lipinski definition) is 3. The molecule has 0 amide bonds. The lowest BCUT2D eigenvalue weighted by Gasteiger charge is -2.11. The predicted molar refractivity (Wildman–Crippen MR) is 62.6 cm³/mol. The summed E-state index contributed by atoms with van der Waals surface area (Å²) < 4.78 is 5.24. The Morgan fingerprint density at radius 2 is 2.43 bits per heavy atom. The molecule has 1 heterocycles. The first-order valence-corrected chi connectivity index (χ1v) is 6.32. The van der Waals surface area contributed by atoms with Crippen molar-refractivity contribution in [2.75, 3.05) is 11.5 Å². The van der Waals surface area contributed by atoms with Gasteiger partial charge in [-0.15, -0.1) is 0 Å². The van der Waals surface area contributed by atoms with Crippen molar-refractivity contribution in [2.45, 2.75) is 32.9 Å². The fourth-order valence-corrected chi connectivity index (χ4v) is 2.00. The van der Waals surface area contributed by atoms with Crippen LogP contribution in [0.25, 0.3) is 0 Å². The molecule has 1 rings (SSSR count). The van der Waals surface area contributed by atoms with E-state index in [1.165, 1.54) is 17.9 Å². The first kappa shape index (κ1) is 11.7. The minimum Gasteiger partial charge on any atom is -0.468 e. The molecule has 0 saturated carbocycles. The summed E-state index contributed by atoms with van der Waals surface area (Å²) in [7, 11) is 0. The second-order valence-corrected chi connectivity index (χ2v) is 4.74. The Balaban J connectivity index is 2.06. The van der Waals surface area contributed by atoms with E-state index in [1.807, 2.05) is 23.9 Å². The van der Waals surface area contributed by atoms with Gasteiger partial charge in [-0.25, -0.2) is 0 Å². The molecule has 2 nitrogen and oxygen atoms in total. The molecule has 0 saturated heterocycles. The van der Waals surface area contributed by atoms with Crippen LogP contribution in [-0.4, -0.2) is 17.5 Å². The van der Waals surface area contributed by atoms with Crippen molar-refractivity contribution in [3.05, 3.63) is 24.2 Å². The zero-order valence-electron chi connectivity index (χ0n) is 8.95. The van der Waals surface area contributed by atoms with Gasteiger partial charge in [0, 0.05) is 6.04 Å². The fraction of sp³-hybridized carbons (Fsp3) is 0.636. The van der Waals surface area contributed by atoms with Gasteiger partial charge in [-0.05, 0) is 37.0 Å². The Morgan fingerprint density at radius 1 is 1.57 bits per heavy atom. The molecule has 1 aromatic heterocycles. The summed E-state index contributed by atoms with van der Waals surface area (Å²) in [6.45, 7) is 5.26. The molecule has 0 aliphatic rings. The van der Waals surface area contributed by atoms with E-state index in [0.29, 0.717) is 6.04 Å². The van der Waals surface area contributed by atoms with Crippen molar-refractivity contribution in [3.63, 3.8) is 0 Å². The molecule has 1 N–H and O–H groups in total. The van der Waals surface area contributed by atoms with Gasteiger partial charge < -0.3 is 9.73 Å². The third-order valence-corrected chi connectivity index (χ3v) is 3.04. The lowest BCUT2D eigenvalue weighted by molar-refractivity contribution is 0.451. The second-order valence-electron chi connectivity index (χ2n) is 3.35. The van der Waals surface area contributed by atoms with Crippen LogP contribution < -0.4 is 5.32 Å². The molecule has 1 aromatic rings. The van der Waals surface area contributed by atoms with Crippen LogP contribution in [0.3, 0.4) is 0 Å². The molecule has 0 spiro atoms. The van der Waals surface area contributed by atoms with Crippen molar-refractivity contribution in [3.8, 4) is 0 Å². The second kappa shape index (κ2) is 6.96. The van der Waals surface area contributed by atoms with Crippen molar-refractivity contribution >= 4 is 11.8 Å². The van der Waals surface area contributed by atoms with Crippen molar-refractivity contribution in [1.29, 1.82) is 0 Å². The first-order valence-electron chi connectivity index (χ1n) is 5.16. The maximum absolute atomic E-state index is 5.24. The van der Waals surface area contributed by atoms with Crippen molar-refractivity contribution in [1.82, 2.24) is 5.32 Å². The minimum atomic E-state index is 0.569. The molecule has 14 heavy (non-hydrogen) atoms. The first-order chi connectivity index (χ1) is 6.83. The van der Waals surface area contributed by atoms with Crippen molar-refractivity contribution in [2.24, 2.45) is 0 Å². The number of rotatable bonds is 7. The smallest absolute Gasteiger partial charge is 0.117 e. The SMILES string of the molecule is CCSCCC(C)NCc1ccco1. The van der Waals surface area contributed by atoms with Crippen LogP contribution in [0.5, 0.6) is 0 Å². The van der Waals surface area contributed by atoms with Gasteiger partial charge in [-0.3, -0.25) is 0 Å². The van der Waals surface area contributed by atoms with E-state index >= 15 is 0 Å². The molecule has 1 unspecified atom stereocenters. The molecule has 1 atom stereocenters. The molecule has 0 aromatic carbocycles. The lowest BCUT2D eigenvalue weighted by atomic mass is 10.2. The van der Waals surface area contributed by atoms with E-state index in [0.717, 1.165) is 12.3 Å². The summed E-state index contributed by atoms with van der Waals surface area (Å²) in [5, 5.41) is 3.44.